The molecular formula is C72H47N. The minimum atomic E-state index is -0.552. The summed E-state index contributed by atoms with van der Waals surface area (Å²) in [4.78, 5) is 2.55. The molecule has 340 valence electrons. The van der Waals surface area contributed by atoms with E-state index in [-0.39, 0.29) is 0 Å². The van der Waals surface area contributed by atoms with E-state index in [9.17, 15) is 0 Å². The van der Waals surface area contributed by atoms with Gasteiger partial charge < -0.3 is 4.90 Å². The second kappa shape index (κ2) is 16.1. The molecule has 0 fully saturated rings. The summed E-state index contributed by atoms with van der Waals surface area (Å²) in [5, 5.41) is 2.49. The lowest BCUT2D eigenvalue weighted by atomic mass is 9.68. The maximum Gasteiger partial charge on any atom is 0.0726 e. The van der Waals surface area contributed by atoms with Crippen LogP contribution in [0.4, 0.5) is 17.1 Å². The molecule has 0 amide bonds. The molecule has 0 aliphatic heterocycles. The number of rotatable bonds is 7. The Kier molecular flexibility index (Phi) is 9.16. The molecule has 73 heavy (non-hydrogen) atoms. The number of fused-ring (bicyclic) bond motifs is 14. The van der Waals surface area contributed by atoms with Gasteiger partial charge in [-0.15, -0.1) is 0 Å². The highest BCUT2D eigenvalue weighted by Crippen LogP contribution is 2.65. The van der Waals surface area contributed by atoms with Crippen molar-refractivity contribution in [2.75, 3.05) is 4.90 Å². The number of nitrogens with zero attached hydrogens (tertiary/aromatic N) is 1. The first-order chi connectivity index (χ1) is 36.2. The van der Waals surface area contributed by atoms with Gasteiger partial charge in [-0.25, -0.2) is 0 Å². The molecule has 0 heterocycles. The smallest absolute Gasteiger partial charge is 0.0726 e. The van der Waals surface area contributed by atoms with E-state index in [1.165, 1.54) is 111 Å². The Morgan fingerprint density at radius 2 is 0.712 bits per heavy atom. The summed E-state index contributed by atoms with van der Waals surface area (Å²) >= 11 is 0. The molecule has 3 aliphatic carbocycles. The molecule has 0 aromatic heterocycles. The van der Waals surface area contributed by atoms with E-state index in [1.807, 2.05) is 0 Å². The Labute approximate surface area is 426 Å². The first-order valence-corrected chi connectivity index (χ1v) is 25.5. The van der Waals surface area contributed by atoms with Gasteiger partial charge >= 0.3 is 0 Å². The van der Waals surface area contributed by atoms with Crippen molar-refractivity contribution in [2.24, 2.45) is 0 Å². The van der Waals surface area contributed by atoms with Crippen molar-refractivity contribution in [3.8, 4) is 55.6 Å². The van der Waals surface area contributed by atoms with Crippen LogP contribution in [0.1, 0.15) is 44.5 Å². The minimum absolute atomic E-state index is 0.550. The van der Waals surface area contributed by atoms with Crippen LogP contribution in [0.5, 0.6) is 0 Å². The molecule has 0 saturated carbocycles. The van der Waals surface area contributed by atoms with Gasteiger partial charge in [-0.1, -0.05) is 249 Å². The number of hydrogen-bond acceptors (Lipinski definition) is 1. The van der Waals surface area contributed by atoms with Gasteiger partial charge in [0.05, 0.1) is 16.5 Å². The van der Waals surface area contributed by atoms with Crippen LogP contribution < -0.4 is 4.90 Å². The fourth-order valence-electron chi connectivity index (χ4n) is 13.4. The fraction of sp³-hybridized carbons (Fsp3) is 0.0278. The van der Waals surface area contributed by atoms with Gasteiger partial charge in [-0.05, 0) is 142 Å². The fourth-order valence-corrected chi connectivity index (χ4v) is 13.4. The minimum Gasteiger partial charge on any atom is -0.310 e. The molecule has 1 atom stereocenters. The molecule has 1 unspecified atom stereocenters. The number of benzene rings is 12. The topological polar surface area (TPSA) is 3.24 Å². The van der Waals surface area contributed by atoms with Gasteiger partial charge in [-0.3, -0.25) is 0 Å². The van der Waals surface area contributed by atoms with Crippen molar-refractivity contribution < 1.29 is 0 Å². The van der Waals surface area contributed by atoms with E-state index in [1.54, 1.807) is 0 Å². The van der Waals surface area contributed by atoms with Crippen LogP contribution in [0.15, 0.2) is 285 Å². The second-order valence-corrected chi connectivity index (χ2v) is 19.8. The molecule has 0 N–H and O–H groups in total. The second-order valence-electron chi connectivity index (χ2n) is 19.8. The van der Waals surface area contributed by atoms with Gasteiger partial charge in [-0.2, -0.15) is 0 Å². The summed E-state index contributed by atoms with van der Waals surface area (Å²) in [5.41, 5.74) is 25.1. The van der Waals surface area contributed by atoms with Crippen LogP contribution in [0.25, 0.3) is 66.4 Å². The van der Waals surface area contributed by atoms with E-state index in [2.05, 4.69) is 290 Å². The zero-order chi connectivity index (χ0) is 48.1. The van der Waals surface area contributed by atoms with Crippen LogP contribution in [0, 0.1) is 0 Å². The maximum atomic E-state index is 2.55. The number of hydrogen-bond donors (Lipinski definition) is 0. The molecule has 3 aliphatic rings. The SMILES string of the molecule is c1ccc(-c2ccc3c(c2)C2(c4ccccc4-3)c3ccccc3-c3ccc(N(c4ccc(-c5cccc6ccccc56)cc4)c4cccc5c4-c4ccccc4C5(c4ccccc4)c4ccccc4)cc32)cc1. The third kappa shape index (κ3) is 5.85. The number of anilines is 3. The maximum absolute atomic E-state index is 2.55. The predicted molar refractivity (Wildman–Crippen MR) is 303 cm³/mol. The first kappa shape index (κ1) is 41.5. The van der Waals surface area contributed by atoms with Crippen LogP contribution in [-0.4, -0.2) is 0 Å². The summed E-state index contributed by atoms with van der Waals surface area (Å²) < 4.78 is 0. The molecular weight excluding hydrogens is 879 g/mol. The van der Waals surface area contributed by atoms with Gasteiger partial charge in [0.25, 0.3) is 0 Å². The zero-order valence-corrected chi connectivity index (χ0v) is 40.1. The summed E-state index contributed by atoms with van der Waals surface area (Å²) in [6.45, 7) is 0. The molecule has 1 nitrogen and oxygen atoms in total. The van der Waals surface area contributed by atoms with Crippen molar-refractivity contribution in [1.82, 2.24) is 0 Å². The van der Waals surface area contributed by atoms with Gasteiger partial charge in [0.1, 0.15) is 0 Å². The highest BCUT2D eigenvalue weighted by atomic mass is 15.1. The van der Waals surface area contributed by atoms with E-state index in [4.69, 9.17) is 0 Å². The van der Waals surface area contributed by atoms with Crippen LogP contribution in [-0.2, 0) is 10.8 Å². The predicted octanol–water partition coefficient (Wildman–Crippen LogP) is 18.4. The molecule has 0 bridgehead atoms. The Hall–Kier alpha value is -9.30. The first-order valence-electron chi connectivity index (χ1n) is 25.5. The molecule has 0 saturated heterocycles. The Bertz CT molecular complexity index is 4080. The summed E-state index contributed by atoms with van der Waals surface area (Å²) in [6.07, 6.45) is 0. The van der Waals surface area contributed by atoms with Crippen molar-refractivity contribution in [3.63, 3.8) is 0 Å². The van der Waals surface area contributed by atoms with Crippen molar-refractivity contribution in [1.29, 1.82) is 0 Å². The summed E-state index contributed by atoms with van der Waals surface area (Å²) in [7, 11) is 0. The highest BCUT2D eigenvalue weighted by Gasteiger charge is 2.52. The van der Waals surface area contributed by atoms with E-state index in [0.29, 0.717) is 0 Å². The molecule has 1 spiro atoms. The standard InChI is InChI=1S/C72H47N/c1-4-20-48(21-5-1)51-40-44-60-58-29-12-15-33-63(58)72(67(60)46-51)64-34-16-13-30-59(64)61-45-43-55(47-68(61)72)73(54-41-38-50(39-42-54)57-32-18-23-49-22-10-11-28-56(49)57)69-37-19-36-66-70(69)62-31-14-17-35-65(62)71(66,52-24-6-2-7-25-52)53-26-8-3-9-27-53/h1-47H. The van der Waals surface area contributed by atoms with Gasteiger partial charge in [0, 0.05) is 16.9 Å². The van der Waals surface area contributed by atoms with Crippen molar-refractivity contribution in [3.05, 3.63) is 330 Å². The lowest BCUT2D eigenvalue weighted by Crippen LogP contribution is -2.28. The monoisotopic (exact) mass is 925 g/mol. The van der Waals surface area contributed by atoms with Gasteiger partial charge in [0.15, 0.2) is 0 Å². The van der Waals surface area contributed by atoms with Crippen molar-refractivity contribution >= 4 is 27.8 Å². The van der Waals surface area contributed by atoms with Crippen LogP contribution >= 0.6 is 0 Å². The molecule has 15 rings (SSSR count). The third-order valence-corrected chi connectivity index (χ3v) is 16.4. The summed E-state index contributed by atoms with van der Waals surface area (Å²) in [6, 6.07) is 107. The quantitative estimate of drug-likeness (QED) is 0.154. The summed E-state index contributed by atoms with van der Waals surface area (Å²) in [5.74, 6) is 0. The van der Waals surface area contributed by atoms with E-state index >= 15 is 0 Å². The molecule has 1 heteroatoms. The lowest BCUT2D eigenvalue weighted by Gasteiger charge is -2.35. The van der Waals surface area contributed by atoms with E-state index in [0.717, 1.165) is 17.1 Å². The Balaban J connectivity index is 1.01. The average molecular weight is 926 g/mol. The largest absolute Gasteiger partial charge is 0.310 e. The molecule has 0 radical (unpaired) electrons. The van der Waals surface area contributed by atoms with Gasteiger partial charge in [0.2, 0.25) is 0 Å². The van der Waals surface area contributed by atoms with Crippen molar-refractivity contribution in [2.45, 2.75) is 10.8 Å². The average Bonchev–Trinajstić information content (AvgIpc) is 4.09. The zero-order valence-electron chi connectivity index (χ0n) is 40.1. The van der Waals surface area contributed by atoms with Crippen LogP contribution in [0.3, 0.4) is 0 Å². The highest BCUT2D eigenvalue weighted by molar-refractivity contribution is 6.01. The lowest BCUT2D eigenvalue weighted by molar-refractivity contribution is 0.768. The van der Waals surface area contributed by atoms with E-state index < -0.39 is 10.8 Å². The Morgan fingerprint density at radius 1 is 0.247 bits per heavy atom. The third-order valence-electron chi connectivity index (χ3n) is 16.4. The normalized spacial score (nSPS) is 15.0. The Morgan fingerprint density at radius 3 is 1.40 bits per heavy atom. The molecule has 12 aromatic rings. The van der Waals surface area contributed by atoms with Crippen LogP contribution in [0.2, 0.25) is 0 Å². The molecule has 12 aromatic carbocycles.